The van der Waals surface area contributed by atoms with Crippen LogP contribution in [-0.4, -0.2) is 24.1 Å². The van der Waals surface area contributed by atoms with Crippen molar-refractivity contribution < 1.29 is 0 Å². The van der Waals surface area contributed by atoms with Gasteiger partial charge in [-0.2, -0.15) is 15.0 Å². The monoisotopic (exact) mass is 1050 g/mol. The summed E-state index contributed by atoms with van der Waals surface area (Å²) in [5.41, 5.74) is 17.9. The molecule has 0 unspecified atom stereocenters. The van der Waals surface area contributed by atoms with Crippen LogP contribution in [0, 0.1) is 0 Å². The Balaban J connectivity index is 0.946. The normalized spacial score (nSPS) is 11.4. The van der Waals surface area contributed by atoms with Gasteiger partial charge in [-0.1, -0.05) is 200 Å². The van der Waals surface area contributed by atoms with E-state index in [0.29, 0.717) is 17.7 Å². The molecular formula is C75H51N7. The molecule has 0 aliphatic carbocycles. The van der Waals surface area contributed by atoms with E-state index in [1.165, 1.54) is 11.1 Å². The first-order valence-electron chi connectivity index (χ1n) is 27.7. The van der Waals surface area contributed by atoms with Gasteiger partial charge in [-0.15, -0.1) is 0 Å². The lowest BCUT2D eigenvalue weighted by atomic mass is 9.91. The molecule has 7 nitrogen and oxygen atoms in total. The fourth-order valence-electron chi connectivity index (χ4n) is 11.8. The molecule has 0 saturated heterocycles. The zero-order valence-corrected chi connectivity index (χ0v) is 44.6. The lowest BCUT2D eigenvalue weighted by molar-refractivity contribution is 0.893. The molecule has 3 heterocycles. The number of hydrogen-bond donors (Lipinski definition) is 0. The van der Waals surface area contributed by atoms with Gasteiger partial charge in [0.1, 0.15) is 0 Å². The molecule has 7 heteroatoms. The van der Waals surface area contributed by atoms with Gasteiger partial charge in [-0.3, -0.25) is 9.13 Å². The summed E-state index contributed by atoms with van der Waals surface area (Å²) in [7, 11) is 0. The Morgan fingerprint density at radius 2 is 0.585 bits per heavy atom. The predicted octanol–water partition coefficient (Wildman–Crippen LogP) is 19.7. The molecule has 0 spiro atoms. The topological polar surface area (TPSA) is 55.0 Å². The first-order valence-corrected chi connectivity index (χ1v) is 27.7. The molecule has 0 amide bonds. The van der Waals surface area contributed by atoms with Crippen molar-refractivity contribution in [2.75, 3.05) is 9.80 Å². The molecule has 82 heavy (non-hydrogen) atoms. The van der Waals surface area contributed by atoms with Crippen molar-refractivity contribution >= 4 is 77.7 Å². The number of benzene rings is 12. The molecule has 0 radical (unpaired) electrons. The van der Waals surface area contributed by atoms with Gasteiger partial charge in [0.15, 0.2) is 5.82 Å². The summed E-state index contributed by atoms with van der Waals surface area (Å²) in [6, 6.07) is 109. The van der Waals surface area contributed by atoms with Crippen LogP contribution in [0.5, 0.6) is 0 Å². The molecule has 3 aromatic heterocycles. The lowest BCUT2D eigenvalue weighted by Crippen LogP contribution is -2.11. The van der Waals surface area contributed by atoms with Gasteiger partial charge in [0.25, 0.3) is 0 Å². The van der Waals surface area contributed by atoms with Crippen LogP contribution in [0.2, 0.25) is 0 Å². The second kappa shape index (κ2) is 20.6. The summed E-state index contributed by atoms with van der Waals surface area (Å²) in [6.45, 7) is 0. The maximum Gasteiger partial charge on any atom is 0.240 e. The minimum atomic E-state index is 0.507. The van der Waals surface area contributed by atoms with Crippen molar-refractivity contribution in [2.45, 2.75) is 0 Å². The van der Waals surface area contributed by atoms with Crippen LogP contribution in [-0.2, 0) is 0 Å². The number of aromatic nitrogens is 5. The van der Waals surface area contributed by atoms with E-state index in [9.17, 15) is 0 Å². The standard InChI is InChI=1S/C75H51N7/c1-7-24-52(25-8-1)63-45-42-55(49-66(63)53-26-9-2-10-27-53)54-28-23-29-56(48-54)73-76-74(81-69-40-21-19-38-64(69)67-50-61(43-46-71(67)81)79(57-30-11-3-12-31-57)58-32-13-4-14-33-58)78-75(77-73)82-70-41-22-20-39-65(70)68-51-62(44-47-72(68)82)80(59-34-15-5-16-35-59)60-36-17-6-18-37-60/h1-51H. The smallest absolute Gasteiger partial charge is 0.240 e. The van der Waals surface area contributed by atoms with E-state index in [1.807, 2.05) is 0 Å². The van der Waals surface area contributed by atoms with Crippen molar-refractivity contribution in [3.63, 3.8) is 0 Å². The Labute approximate surface area is 475 Å². The molecule has 0 aliphatic rings. The summed E-state index contributed by atoms with van der Waals surface area (Å²) in [5, 5.41) is 4.33. The van der Waals surface area contributed by atoms with Crippen LogP contribution in [0.1, 0.15) is 0 Å². The van der Waals surface area contributed by atoms with Gasteiger partial charge < -0.3 is 9.80 Å². The molecule has 15 rings (SSSR count). The molecule has 0 fully saturated rings. The van der Waals surface area contributed by atoms with Gasteiger partial charge in [-0.25, -0.2) is 0 Å². The van der Waals surface area contributed by atoms with Crippen molar-refractivity contribution in [3.05, 3.63) is 309 Å². The van der Waals surface area contributed by atoms with Crippen molar-refractivity contribution in [1.29, 1.82) is 0 Å². The fraction of sp³-hybridized carbons (Fsp3) is 0. The highest BCUT2D eigenvalue weighted by atomic mass is 15.3. The second-order valence-electron chi connectivity index (χ2n) is 20.5. The third-order valence-electron chi connectivity index (χ3n) is 15.5. The zero-order valence-electron chi connectivity index (χ0n) is 44.6. The molecule has 0 N–H and O–H groups in total. The van der Waals surface area contributed by atoms with Crippen molar-refractivity contribution in [1.82, 2.24) is 24.1 Å². The predicted molar refractivity (Wildman–Crippen MR) is 340 cm³/mol. The molecule has 15 aromatic rings. The minimum Gasteiger partial charge on any atom is -0.310 e. The first-order chi connectivity index (χ1) is 40.7. The van der Waals surface area contributed by atoms with Gasteiger partial charge >= 0.3 is 0 Å². The van der Waals surface area contributed by atoms with Gasteiger partial charge in [0, 0.05) is 61.2 Å². The third kappa shape index (κ3) is 8.61. The first kappa shape index (κ1) is 48.0. The Bertz CT molecular complexity index is 4490. The van der Waals surface area contributed by atoms with E-state index >= 15 is 0 Å². The Morgan fingerprint density at radius 3 is 1.05 bits per heavy atom. The summed E-state index contributed by atoms with van der Waals surface area (Å²) in [5.74, 6) is 1.57. The SMILES string of the molecule is c1ccc(-c2ccc(-c3cccc(-c4nc(-n5c6ccccc6c6cc(N(c7ccccc7)c7ccccc7)ccc65)nc(-n5c6ccccc6c6cc(N(c7ccccc7)c7ccccc7)ccc65)n4)c3)cc2-c2ccccc2)cc1. The van der Waals surface area contributed by atoms with E-state index in [-0.39, 0.29) is 0 Å². The molecule has 0 bridgehead atoms. The number of rotatable bonds is 12. The summed E-state index contributed by atoms with van der Waals surface area (Å²) >= 11 is 0. The van der Waals surface area contributed by atoms with Crippen LogP contribution in [0.4, 0.5) is 34.1 Å². The van der Waals surface area contributed by atoms with Crippen molar-refractivity contribution in [2.24, 2.45) is 0 Å². The maximum atomic E-state index is 5.60. The highest BCUT2D eigenvalue weighted by Gasteiger charge is 2.24. The average molecular weight is 1050 g/mol. The van der Waals surface area contributed by atoms with Crippen LogP contribution in [0.3, 0.4) is 0 Å². The third-order valence-corrected chi connectivity index (χ3v) is 15.5. The van der Waals surface area contributed by atoms with E-state index in [4.69, 9.17) is 15.0 Å². The number of fused-ring (bicyclic) bond motifs is 6. The Morgan fingerprint density at radius 1 is 0.220 bits per heavy atom. The summed E-state index contributed by atoms with van der Waals surface area (Å²) < 4.78 is 4.42. The quantitative estimate of drug-likeness (QED) is 0.122. The molecule has 0 aliphatic heterocycles. The fourth-order valence-corrected chi connectivity index (χ4v) is 11.8. The molecule has 386 valence electrons. The van der Waals surface area contributed by atoms with E-state index in [1.54, 1.807) is 0 Å². The second-order valence-corrected chi connectivity index (χ2v) is 20.5. The van der Waals surface area contributed by atoms with Gasteiger partial charge in [-0.05, 0) is 143 Å². The van der Waals surface area contributed by atoms with E-state index in [2.05, 4.69) is 328 Å². The number of para-hydroxylation sites is 6. The maximum absolute atomic E-state index is 5.60. The highest BCUT2D eigenvalue weighted by Crippen LogP contribution is 2.43. The number of nitrogens with zero attached hydrogens (tertiary/aromatic N) is 7. The lowest BCUT2D eigenvalue weighted by Gasteiger charge is -2.25. The molecule has 0 atom stereocenters. The van der Waals surface area contributed by atoms with E-state index in [0.717, 1.165) is 106 Å². The summed E-state index contributed by atoms with van der Waals surface area (Å²) in [4.78, 5) is 21.3. The number of anilines is 6. The van der Waals surface area contributed by atoms with Gasteiger partial charge in [0.05, 0.1) is 22.1 Å². The average Bonchev–Trinajstić information content (AvgIpc) is 4.29. The Hall–Kier alpha value is -11.2. The van der Waals surface area contributed by atoms with Crippen LogP contribution < -0.4 is 9.80 Å². The number of hydrogen-bond acceptors (Lipinski definition) is 5. The molecule has 0 saturated carbocycles. The van der Waals surface area contributed by atoms with E-state index < -0.39 is 0 Å². The summed E-state index contributed by atoms with van der Waals surface area (Å²) in [6.07, 6.45) is 0. The largest absolute Gasteiger partial charge is 0.310 e. The Kier molecular flexibility index (Phi) is 12.0. The minimum absolute atomic E-state index is 0.507. The van der Waals surface area contributed by atoms with Crippen LogP contribution >= 0.6 is 0 Å². The van der Waals surface area contributed by atoms with Crippen LogP contribution in [0.25, 0.3) is 100 Å². The van der Waals surface area contributed by atoms with Gasteiger partial charge in [0.2, 0.25) is 11.9 Å². The highest BCUT2D eigenvalue weighted by molar-refractivity contribution is 6.12. The van der Waals surface area contributed by atoms with Crippen LogP contribution in [0.15, 0.2) is 309 Å². The zero-order chi connectivity index (χ0) is 54.3. The molecule has 12 aromatic carbocycles. The molecular weight excluding hydrogens is 999 g/mol. The van der Waals surface area contributed by atoms with Crippen molar-refractivity contribution in [3.8, 4) is 56.7 Å².